The van der Waals surface area contributed by atoms with Gasteiger partial charge in [0, 0.05) is 30.1 Å². The van der Waals surface area contributed by atoms with Crippen LogP contribution in [0.3, 0.4) is 0 Å². The lowest BCUT2D eigenvalue weighted by atomic mass is 10.0. The summed E-state index contributed by atoms with van der Waals surface area (Å²) in [7, 11) is 0. The van der Waals surface area contributed by atoms with Crippen molar-refractivity contribution in [3.8, 4) is 12.1 Å². The Kier molecular flexibility index (Phi) is 7.81. The fourth-order valence-corrected chi connectivity index (χ4v) is 4.90. The maximum atomic E-state index is 12.8. The van der Waals surface area contributed by atoms with E-state index in [1.54, 1.807) is 19.9 Å². The molecule has 0 amide bonds. The van der Waals surface area contributed by atoms with Crippen LogP contribution >= 0.6 is 11.3 Å². The standard InChI is InChI=1S/C25H25N3O3S/c1-3-31-25(30)24-17(2)21(16-27)23(32-24)14-22(29)19(15-26)13-18-7-9-20(10-8-18)28-11-5-4-6-12-28/h7-10,13H,3-6,11-12,14H2,1-2H3/b19-13-. The number of rotatable bonds is 7. The van der Waals surface area contributed by atoms with E-state index >= 15 is 0 Å². The number of ether oxygens (including phenoxy) is 1. The lowest BCUT2D eigenvalue weighted by molar-refractivity contribution is -0.114. The summed E-state index contributed by atoms with van der Waals surface area (Å²) >= 11 is 1.08. The van der Waals surface area contributed by atoms with E-state index in [2.05, 4.69) is 11.0 Å². The van der Waals surface area contributed by atoms with Crippen molar-refractivity contribution in [3.05, 3.63) is 56.3 Å². The number of Topliss-reactive ketones (excluding diaryl/α,β-unsaturated/α-hetero) is 1. The van der Waals surface area contributed by atoms with Gasteiger partial charge in [-0.15, -0.1) is 11.3 Å². The molecule has 2 heterocycles. The van der Waals surface area contributed by atoms with Gasteiger partial charge in [-0.1, -0.05) is 12.1 Å². The number of esters is 1. The van der Waals surface area contributed by atoms with Crippen molar-refractivity contribution < 1.29 is 14.3 Å². The molecule has 6 nitrogen and oxygen atoms in total. The van der Waals surface area contributed by atoms with Gasteiger partial charge in [0.1, 0.15) is 17.0 Å². The molecular formula is C25H25N3O3S. The molecule has 32 heavy (non-hydrogen) atoms. The number of ketones is 1. The maximum absolute atomic E-state index is 12.8. The minimum atomic E-state index is -0.505. The van der Waals surface area contributed by atoms with Crippen molar-refractivity contribution in [3.63, 3.8) is 0 Å². The van der Waals surface area contributed by atoms with E-state index in [9.17, 15) is 20.1 Å². The smallest absolute Gasteiger partial charge is 0.348 e. The monoisotopic (exact) mass is 447 g/mol. The molecule has 0 aliphatic carbocycles. The number of benzene rings is 1. The number of anilines is 1. The van der Waals surface area contributed by atoms with Crippen LogP contribution in [0.2, 0.25) is 0 Å². The van der Waals surface area contributed by atoms with E-state index in [-0.39, 0.29) is 24.4 Å². The van der Waals surface area contributed by atoms with Gasteiger partial charge in [-0.3, -0.25) is 4.79 Å². The van der Waals surface area contributed by atoms with Gasteiger partial charge in [-0.2, -0.15) is 10.5 Å². The highest BCUT2D eigenvalue weighted by Gasteiger charge is 2.23. The van der Waals surface area contributed by atoms with Crippen LogP contribution in [-0.4, -0.2) is 31.4 Å². The summed E-state index contributed by atoms with van der Waals surface area (Å²) in [6.07, 6.45) is 5.11. The van der Waals surface area contributed by atoms with Gasteiger partial charge in [0.25, 0.3) is 0 Å². The molecule has 164 valence electrons. The normalized spacial score (nSPS) is 13.9. The molecule has 0 N–H and O–H groups in total. The fourth-order valence-electron chi connectivity index (χ4n) is 3.75. The summed E-state index contributed by atoms with van der Waals surface area (Å²) in [5.74, 6) is -0.893. The summed E-state index contributed by atoms with van der Waals surface area (Å²) in [6.45, 7) is 5.70. The van der Waals surface area contributed by atoms with Crippen molar-refractivity contribution in [1.29, 1.82) is 10.5 Å². The second-order valence-corrected chi connectivity index (χ2v) is 8.70. The fraction of sp³-hybridized carbons (Fsp3) is 0.360. The predicted octanol–water partition coefficient (Wildman–Crippen LogP) is 4.81. The minimum Gasteiger partial charge on any atom is -0.462 e. The van der Waals surface area contributed by atoms with Crippen LogP contribution in [0, 0.1) is 29.6 Å². The molecule has 1 saturated heterocycles. The number of carbonyl (C=O) groups is 2. The molecule has 0 unspecified atom stereocenters. The summed E-state index contributed by atoms with van der Waals surface area (Å²) in [4.78, 5) is 28.1. The Morgan fingerprint density at radius 3 is 2.44 bits per heavy atom. The average Bonchev–Trinajstić information content (AvgIpc) is 3.13. The highest BCUT2D eigenvalue weighted by atomic mass is 32.1. The largest absolute Gasteiger partial charge is 0.462 e. The number of allylic oxidation sites excluding steroid dienone is 1. The third-order valence-corrected chi connectivity index (χ3v) is 6.73. The molecule has 0 spiro atoms. The van der Waals surface area contributed by atoms with Gasteiger partial charge in [-0.25, -0.2) is 4.79 Å². The first-order valence-corrected chi connectivity index (χ1v) is 11.5. The van der Waals surface area contributed by atoms with E-state index in [0.29, 0.717) is 20.9 Å². The Hall–Kier alpha value is -3.42. The van der Waals surface area contributed by atoms with Gasteiger partial charge in [-0.05, 0) is 62.4 Å². The molecule has 7 heteroatoms. The summed E-state index contributed by atoms with van der Waals surface area (Å²) < 4.78 is 5.04. The van der Waals surface area contributed by atoms with E-state index in [1.165, 1.54) is 19.3 Å². The molecule has 1 fully saturated rings. The Bertz CT molecular complexity index is 1110. The zero-order chi connectivity index (χ0) is 23.1. The van der Waals surface area contributed by atoms with E-state index in [1.807, 2.05) is 30.3 Å². The molecule has 0 saturated carbocycles. The number of carbonyl (C=O) groups excluding carboxylic acids is 2. The van der Waals surface area contributed by atoms with Crippen molar-refractivity contribution >= 4 is 34.9 Å². The molecule has 1 aliphatic heterocycles. The van der Waals surface area contributed by atoms with Gasteiger partial charge in [0.15, 0.2) is 5.78 Å². The number of hydrogen-bond donors (Lipinski definition) is 0. The summed E-state index contributed by atoms with van der Waals surface area (Å²) in [5.41, 5.74) is 2.74. The maximum Gasteiger partial charge on any atom is 0.348 e. The van der Waals surface area contributed by atoms with E-state index in [4.69, 9.17) is 4.74 Å². The molecular weight excluding hydrogens is 422 g/mol. The van der Waals surface area contributed by atoms with Crippen LogP contribution in [0.1, 0.15) is 57.4 Å². The molecule has 0 bridgehead atoms. The van der Waals surface area contributed by atoms with Crippen LogP contribution in [-0.2, 0) is 16.0 Å². The number of nitrogens with zero attached hydrogens (tertiary/aromatic N) is 3. The minimum absolute atomic E-state index is 0.0170. The van der Waals surface area contributed by atoms with Crippen LogP contribution in [0.15, 0.2) is 29.8 Å². The second kappa shape index (κ2) is 10.7. The molecule has 2 aromatic rings. The molecule has 1 aliphatic rings. The first-order chi connectivity index (χ1) is 15.5. The van der Waals surface area contributed by atoms with Crippen molar-refractivity contribution in [1.82, 2.24) is 0 Å². The highest BCUT2D eigenvalue weighted by molar-refractivity contribution is 7.14. The number of hydrogen-bond acceptors (Lipinski definition) is 7. The molecule has 1 aromatic carbocycles. The lowest BCUT2D eigenvalue weighted by Crippen LogP contribution is -2.29. The Balaban J connectivity index is 1.78. The van der Waals surface area contributed by atoms with Crippen LogP contribution in [0.25, 0.3) is 6.08 Å². The topological polar surface area (TPSA) is 94.2 Å². The highest BCUT2D eigenvalue weighted by Crippen LogP contribution is 2.30. The first kappa shape index (κ1) is 23.2. The van der Waals surface area contributed by atoms with Crippen LogP contribution in [0.4, 0.5) is 5.69 Å². The average molecular weight is 448 g/mol. The SMILES string of the molecule is CCOC(=O)c1sc(CC(=O)/C(C#N)=C\c2ccc(N3CCCCC3)cc2)c(C#N)c1C. The zero-order valence-electron chi connectivity index (χ0n) is 18.3. The van der Waals surface area contributed by atoms with Crippen molar-refractivity contribution in [2.45, 2.75) is 39.5 Å². The van der Waals surface area contributed by atoms with E-state index in [0.717, 1.165) is 35.7 Å². The van der Waals surface area contributed by atoms with E-state index < -0.39 is 5.97 Å². The third kappa shape index (κ3) is 5.25. The van der Waals surface area contributed by atoms with Gasteiger partial charge >= 0.3 is 5.97 Å². The molecule has 0 atom stereocenters. The zero-order valence-corrected chi connectivity index (χ0v) is 19.1. The number of nitriles is 2. The second-order valence-electron chi connectivity index (χ2n) is 7.60. The summed E-state index contributed by atoms with van der Waals surface area (Å²) in [6, 6.07) is 11.9. The Labute approximate surface area is 192 Å². The molecule has 1 aromatic heterocycles. The molecule has 3 rings (SSSR count). The van der Waals surface area contributed by atoms with Gasteiger partial charge in [0.2, 0.25) is 0 Å². The first-order valence-electron chi connectivity index (χ1n) is 10.7. The lowest BCUT2D eigenvalue weighted by Gasteiger charge is -2.28. The third-order valence-electron chi connectivity index (χ3n) is 5.46. The predicted molar refractivity (Wildman–Crippen MR) is 125 cm³/mol. The number of thiophene rings is 1. The quantitative estimate of drug-likeness (QED) is 0.343. The van der Waals surface area contributed by atoms with Crippen LogP contribution < -0.4 is 4.90 Å². The van der Waals surface area contributed by atoms with Crippen molar-refractivity contribution in [2.75, 3.05) is 24.6 Å². The summed E-state index contributed by atoms with van der Waals surface area (Å²) in [5, 5.41) is 19.1. The van der Waals surface area contributed by atoms with Crippen LogP contribution in [0.5, 0.6) is 0 Å². The number of piperidine rings is 1. The Morgan fingerprint density at radius 1 is 1.16 bits per heavy atom. The van der Waals surface area contributed by atoms with Gasteiger partial charge < -0.3 is 9.64 Å². The Morgan fingerprint density at radius 2 is 1.84 bits per heavy atom. The van der Waals surface area contributed by atoms with Gasteiger partial charge in [0.05, 0.1) is 17.7 Å². The van der Waals surface area contributed by atoms with Crippen molar-refractivity contribution in [2.24, 2.45) is 0 Å². The molecule has 0 radical (unpaired) electrons.